The number of ether oxygens (including phenoxy) is 2. The molecule has 0 aliphatic heterocycles. The maximum atomic E-state index is 11.9. The minimum atomic E-state index is -0.312. The van der Waals surface area contributed by atoms with E-state index in [1.807, 2.05) is 0 Å². The molecule has 0 aliphatic rings. The van der Waals surface area contributed by atoms with Gasteiger partial charge in [-0.2, -0.15) is 5.10 Å². The molecule has 6 nitrogen and oxygen atoms in total. The van der Waals surface area contributed by atoms with E-state index in [1.54, 1.807) is 12.1 Å². The van der Waals surface area contributed by atoms with Crippen LogP contribution >= 0.6 is 11.6 Å². The Morgan fingerprint density at radius 2 is 2.05 bits per heavy atom. The molecule has 1 aromatic carbocycles. The van der Waals surface area contributed by atoms with Gasteiger partial charge in [-0.05, 0) is 6.07 Å². The summed E-state index contributed by atoms with van der Waals surface area (Å²) in [5.41, 5.74) is 0.869. The first-order valence-corrected chi connectivity index (χ1v) is 5.75. The number of halogens is 1. The molecule has 0 aliphatic carbocycles. The first-order chi connectivity index (χ1) is 9.15. The fraction of sp³-hybridized carbons (Fsp3) is 0.167. The van der Waals surface area contributed by atoms with Crippen LogP contribution in [-0.2, 0) is 0 Å². The average molecular weight is 282 g/mol. The number of H-pyrrole nitrogens is 1. The molecule has 7 heteroatoms. The largest absolute Gasteiger partial charge is 0.495 e. The van der Waals surface area contributed by atoms with Crippen molar-refractivity contribution in [2.24, 2.45) is 0 Å². The third-order valence-electron chi connectivity index (χ3n) is 2.48. The summed E-state index contributed by atoms with van der Waals surface area (Å²) in [4.78, 5) is 11.9. The lowest BCUT2D eigenvalue weighted by Crippen LogP contribution is -2.12. The number of benzene rings is 1. The van der Waals surface area contributed by atoms with Crippen molar-refractivity contribution in [3.05, 3.63) is 35.1 Å². The van der Waals surface area contributed by atoms with Crippen molar-refractivity contribution >= 4 is 23.2 Å². The van der Waals surface area contributed by atoms with Crippen LogP contribution in [0, 0.1) is 0 Å². The van der Waals surface area contributed by atoms with Gasteiger partial charge in [-0.3, -0.25) is 9.89 Å². The van der Waals surface area contributed by atoms with Gasteiger partial charge in [0.25, 0.3) is 5.91 Å². The molecular formula is C12H12ClN3O3. The van der Waals surface area contributed by atoms with E-state index in [2.05, 4.69) is 15.5 Å². The first-order valence-electron chi connectivity index (χ1n) is 5.37. The van der Waals surface area contributed by atoms with E-state index < -0.39 is 0 Å². The third kappa shape index (κ3) is 2.79. The number of rotatable bonds is 4. The standard InChI is InChI=1S/C12H12ClN3O3/c1-18-10-4-11(19-2)9(3-8(10)13)16-12(17)7-5-14-15-6-7/h3-6H,1-2H3,(H,14,15)(H,16,17). The van der Waals surface area contributed by atoms with Crippen LogP contribution in [-0.4, -0.2) is 30.3 Å². The average Bonchev–Trinajstić information content (AvgIpc) is 2.93. The number of aromatic amines is 1. The highest BCUT2D eigenvalue weighted by molar-refractivity contribution is 6.32. The van der Waals surface area contributed by atoms with Crippen molar-refractivity contribution in [3.63, 3.8) is 0 Å². The monoisotopic (exact) mass is 281 g/mol. The van der Waals surface area contributed by atoms with E-state index in [0.29, 0.717) is 27.8 Å². The second-order valence-electron chi connectivity index (χ2n) is 3.63. The Balaban J connectivity index is 2.29. The predicted octanol–water partition coefficient (Wildman–Crippen LogP) is 2.33. The lowest BCUT2D eigenvalue weighted by atomic mass is 10.2. The molecule has 0 spiro atoms. The van der Waals surface area contributed by atoms with Crippen LogP contribution in [0.3, 0.4) is 0 Å². The number of amides is 1. The number of hydrogen-bond acceptors (Lipinski definition) is 4. The summed E-state index contributed by atoms with van der Waals surface area (Å²) in [6, 6.07) is 3.17. The molecule has 2 aromatic rings. The van der Waals surface area contributed by atoms with Gasteiger partial charge in [0.05, 0.1) is 36.7 Å². The highest BCUT2D eigenvalue weighted by atomic mass is 35.5. The molecule has 1 heterocycles. The van der Waals surface area contributed by atoms with Gasteiger partial charge >= 0.3 is 0 Å². The van der Waals surface area contributed by atoms with Gasteiger partial charge in [-0.25, -0.2) is 0 Å². The summed E-state index contributed by atoms with van der Waals surface area (Å²) in [6.45, 7) is 0. The molecule has 1 amide bonds. The quantitative estimate of drug-likeness (QED) is 0.902. The second-order valence-corrected chi connectivity index (χ2v) is 4.04. The molecule has 0 radical (unpaired) electrons. The van der Waals surface area contributed by atoms with Gasteiger partial charge in [0.15, 0.2) is 0 Å². The minimum Gasteiger partial charge on any atom is -0.495 e. The molecule has 0 atom stereocenters. The normalized spacial score (nSPS) is 10.1. The summed E-state index contributed by atoms with van der Waals surface area (Å²) in [5.74, 6) is 0.617. The molecular weight excluding hydrogens is 270 g/mol. The Morgan fingerprint density at radius 3 is 2.63 bits per heavy atom. The minimum absolute atomic E-state index is 0.312. The Labute approximate surface area is 114 Å². The van der Waals surface area contributed by atoms with Crippen molar-refractivity contribution in [2.45, 2.75) is 0 Å². The maximum absolute atomic E-state index is 11.9. The van der Waals surface area contributed by atoms with Gasteiger partial charge < -0.3 is 14.8 Å². The van der Waals surface area contributed by atoms with Crippen LogP contribution in [0.5, 0.6) is 11.5 Å². The number of carbonyl (C=O) groups excluding carboxylic acids is 1. The molecule has 100 valence electrons. The summed E-state index contributed by atoms with van der Waals surface area (Å²) < 4.78 is 10.3. The molecule has 0 unspecified atom stereocenters. The van der Waals surface area contributed by atoms with Gasteiger partial charge in [0.1, 0.15) is 11.5 Å². The highest BCUT2D eigenvalue weighted by Crippen LogP contribution is 2.35. The molecule has 19 heavy (non-hydrogen) atoms. The van der Waals surface area contributed by atoms with Crippen LogP contribution in [0.25, 0.3) is 0 Å². The highest BCUT2D eigenvalue weighted by Gasteiger charge is 2.14. The zero-order chi connectivity index (χ0) is 13.8. The molecule has 2 N–H and O–H groups in total. The van der Waals surface area contributed by atoms with Crippen LogP contribution in [0.1, 0.15) is 10.4 Å². The van der Waals surface area contributed by atoms with Crippen molar-refractivity contribution in [1.29, 1.82) is 0 Å². The van der Waals surface area contributed by atoms with Crippen LogP contribution in [0.4, 0.5) is 5.69 Å². The lowest BCUT2D eigenvalue weighted by Gasteiger charge is -2.12. The number of nitrogens with zero attached hydrogens (tertiary/aromatic N) is 1. The Hall–Kier alpha value is -2.21. The number of methoxy groups -OCH3 is 2. The fourth-order valence-electron chi connectivity index (χ4n) is 1.53. The van der Waals surface area contributed by atoms with E-state index in [9.17, 15) is 4.79 Å². The molecule has 0 fully saturated rings. The summed E-state index contributed by atoms with van der Waals surface area (Å²) in [6.07, 6.45) is 2.92. The summed E-state index contributed by atoms with van der Waals surface area (Å²) in [5, 5.41) is 9.35. The van der Waals surface area contributed by atoms with E-state index in [0.717, 1.165) is 0 Å². The van der Waals surface area contributed by atoms with Gasteiger partial charge in [0.2, 0.25) is 0 Å². The number of aromatic nitrogens is 2. The van der Waals surface area contributed by atoms with Crippen LogP contribution in [0.2, 0.25) is 5.02 Å². The first kappa shape index (κ1) is 13.2. The van der Waals surface area contributed by atoms with Crippen molar-refractivity contribution in [3.8, 4) is 11.5 Å². The van der Waals surface area contributed by atoms with Crippen molar-refractivity contribution in [1.82, 2.24) is 10.2 Å². The predicted molar refractivity (Wildman–Crippen MR) is 71.1 cm³/mol. The SMILES string of the molecule is COc1cc(OC)c(NC(=O)c2cn[nH]c2)cc1Cl. The molecule has 1 aromatic heterocycles. The molecule has 0 saturated carbocycles. The zero-order valence-corrected chi connectivity index (χ0v) is 11.1. The van der Waals surface area contributed by atoms with Crippen LogP contribution in [0.15, 0.2) is 24.5 Å². The zero-order valence-electron chi connectivity index (χ0n) is 10.4. The Kier molecular flexibility index (Phi) is 3.91. The smallest absolute Gasteiger partial charge is 0.258 e. The number of nitrogens with one attached hydrogen (secondary N) is 2. The summed E-state index contributed by atoms with van der Waals surface area (Å²) >= 11 is 6.02. The second kappa shape index (κ2) is 5.62. The Morgan fingerprint density at radius 1 is 1.32 bits per heavy atom. The van der Waals surface area contributed by atoms with Gasteiger partial charge in [0, 0.05) is 12.3 Å². The molecule has 2 rings (SSSR count). The Bertz CT molecular complexity index is 584. The van der Waals surface area contributed by atoms with Gasteiger partial charge in [-0.1, -0.05) is 11.6 Å². The van der Waals surface area contributed by atoms with E-state index >= 15 is 0 Å². The maximum Gasteiger partial charge on any atom is 0.258 e. The number of anilines is 1. The summed E-state index contributed by atoms with van der Waals surface area (Å²) in [7, 11) is 3.00. The topological polar surface area (TPSA) is 76.2 Å². The molecule has 0 saturated heterocycles. The van der Waals surface area contributed by atoms with Crippen molar-refractivity contribution in [2.75, 3.05) is 19.5 Å². The van der Waals surface area contributed by atoms with Gasteiger partial charge in [-0.15, -0.1) is 0 Å². The molecule has 0 bridgehead atoms. The lowest BCUT2D eigenvalue weighted by molar-refractivity contribution is 0.102. The van der Waals surface area contributed by atoms with E-state index in [4.69, 9.17) is 21.1 Å². The van der Waals surface area contributed by atoms with Crippen LogP contribution < -0.4 is 14.8 Å². The van der Waals surface area contributed by atoms with Crippen molar-refractivity contribution < 1.29 is 14.3 Å². The van der Waals surface area contributed by atoms with E-state index in [-0.39, 0.29) is 5.91 Å². The number of carbonyl (C=O) groups is 1. The third-order valence-corrected chi connectivity index (χ3v) is 2.78. The van der Waals surface area contributed by atoms with E-state index in [1.165, 1.54) is 26.6 Å². The number of hydrogen-bond donors (Lipinski definition) is 2. The fourth-order valence-corrected chi connectivity index (χ4v) is 1.77.